The summed E-state index contributed by atoms with van der Waals surface area (Å²) in [6.07, 6.45) is -1.83. The first-order chi connectivity index (χ1) is 20.1. The van der Waals surface area contributed by atoms with Crippen molar-refractivity contribution in [2.24, 2.45) is 0 Å². The van der Waals surface area contributed by atoms with Gasteiger partial charge in [0.15, 0.2) is 5.75 Å². The normalized spacial score (nSPS) is 10.6. The van der Waals surface area contributed by atoms with Gasteiger partial charge in [-0.25, -0.2) is 9.59 Å². The Hall–Kier alpha value is -5.82. The van der Waals surface area contributed by atoms with Crippen LogP contribution < -0.4 is 23.7 Å². The number of ether oxygens (including phenoxy) is 5. The van der Waals surface area contributed by atoms with Gasteiger partial charge in [0.25, 0.3) is 0 Å². The average Bonchev–Trinajstić information content (AvgIpc) is 3.00. The molecule has 0 heterocycles. The Balaban J connectivity index is 1.45. The van der Waals surface area contributed by atoms with Crippen LogP contribution in [0.4, 0.5) is 9.59 Å². The minimum absolute atomic E-state index is 0.221. The van der Waals surface area contributed by atoms with E-state index in [-0.39, 0.29) is 11.5 Å². The molecule has 0 radical (unpaired) electrons. The van der Waals surface area contributed by atoms with Gasteiger partial charge in [0.05, 0.1) is 0 Å². The van der Waals surface area contributed by atoms with Gasteiger partial charge in [0.1, 0.15) is 28.7 Å². The number of para-hydroxylation sites is 3. The molecule has 0 fully saturated rings. The van der Waals surface area contributed by atoms with Crippen molar-refractivity contribution >= 4 is 33.9 Å². The monoisotopic (exact) mass is 542 g/mol. The Bertz CT molecular complexity index is 1840. The van der Waals surface area contributed by atoms with E-state index in [0.717, 1.165) is 0 Å². The van der Waals surface area contributed by atoms with Gasteiger partial charge >= 0.3 is 12.3 Å². The van der Waals surface area contributed by atoms with Gasteiger partial charge in [-0.1, -0.05) is 78.9 Å². The molecule has 0 saturated carbocycles. The molecule has 6 aromatic rings. The molecule has 6 aromatic carbocycles. The van der Waals surface area contributed by atoms with E-state index in [4.69, 9.17) is 23.7 Å². The SMILES string of the molecule is O=C(Oc1ccccc1)Oc1c2ccccc2c(OC(=O)Oc2ccccc2)c2cc(Oc3ccccc3)ccc12. The molecule has 0 amide bonds. The number of rotatable bonds is 6. The van der Waals surface area contributed by atoms with Gasteiger partial charge in [-0.2, -0.15) is 0 Å². The molecular weight excluding hydrogens is 520 g/mol. The van der Waals surface area contributed by atoms with Crippen molar-refractivity contribution in [1.82, 2.24) is 0 Å². The smallest absolute Gasteiger partial charge is 0.457 e. The maximum Gasteiger partial charge on any atom is 0.519 e. The van der Waals surface area contributed by atoms with Gasteiger partial charge in [-0.05, 0) is 54.6 Å². The van der Waals surface area contributed by atoms with Crippen LogP contribution in [0.5, 0.6) is 34.5 Å². The number of benzene rings is 6. The summed E-state index contributed by atoms with van der Waals surface area (Å²) in [5.41, 5.74) is 0. The van der Waals surface area contributed by atoms with Gasteiger partial charge in [-0.3, -0.25) is 0 Å². The largest absolute Gasteiger partial charge is 0.519 e. The van der Waals surface area contributed by atoms with Crippen LogP contribution in [0.2, 0.25) is 0 Å². The van der Waals surface area contributed by atoms with Crippen LogP contribution in [-0.2, 0) is 0 Å². The van der Waals surface area contributed by atoms with Crippen molar-refractivity contribution in [1.29, 1.82) is 0 Å². The molecule has 0 saturated heterocycles. The fourth-order valence-electron chi connectivity index (χ4n) is 4.36. The van der Waals surface area contributed by atoms with E-state index in [9.17, 15) is 9.59 Å². The Morgan fingerprint density at radius 1 is 0.366 bits per heavy atom. The van der Waals surface area contributed by atoms with Crippen LogP contribution in [0.15, 0.2) is 133 Å². The van der Waals surface area contributed by atoms with Crippen LogP contribution in [0.3, 0.4) is 0 Å². The van der Waals surface area contributed by atoms with Crippen molar-refractivity contribution in [3.8, 4) is 34.5 Å². The summed E-state index contributed by atoms with van der Waals surface area (Å²) < 4.78 is 28.4. The molecule has 0 bridgehead atoms. The fourth-order valence-corrected chi connectivity index (χ4v) is 4.36. The maximum atomic E-state index is 12.9. The molecule has 0 spiro atoms. The molecule has 0 aliphatic carbocycles. The van der Waals surface area contributed by atoms with Crippen LogP contribution in [0.1, 0.15) is 0 Å². The lowest BCUT2D eigenvalue weighted by atomic mass is 10.00. The molecule has 0 atom stereocenters. The van der Waals surface area contributed by atoms with E-state index in [1.165, 1.54) is 0 Å². The molecule has 0 N–H and O–H groups in total. The van der Waals surface area contributed by atoms with Gasteiger partial charge in [-0.15, -0.1) is 0 Å². The second-order valence-electron chi connectivity index (χ2n) is 8.86. The third-order valence-corrected chi connectivity index (χ3v) is 6.14. The summed E-state index contributed by atoms with van der Waals surface area (Å²) in [5.74, 6) is 2.25. The Kier molecular flexibility index (Phi) is 7.15. The van der Waals surface area contributed by atoms with Crippen molar-refractivity contribution in [2.75, 3.05) is 0 Å². The first kappa shape index (κ1) is 25.5. The summed E-state index contributed by atoms with van der Waals surface area (Å²) in [4.78, 5) is 25.8. The second kappa shape index (κ2) is 11.5. The Morgan fingerprint density at radius 3 is 1.29 bits per heavy atom. The summed E-state index contributed by atoms with van der Waals surface area (Å²) in [6, 6.07) is 38.8. The third kappa shape index (κ3) is 5.79. The topological polar surface area (TPSA) is 80.3 Å². The standard InChI is InChI=1S/C34H22O7/c35-33(38-24-14-6-2-7-15-24)40-31-27-18-10-11-19-28(27)32(41-34(36)39-25-16-8-3-9-17-25)30-22-26(20-21-29(30)31)37-23-12-4-1-5-13-23/h1-22H. The van der Waals surface area contributed by atoms with E-state index < -0.39 is 12.3 Å². The summed E-state index contributed by atoms with van der Waals surface area (Å²) >= 11 is 0. The van der Waals surface area contributed by atoms with Gasteiger partial charge in [0, 0.05) is 21.5 Å². The highest BCUT2D eigenvalue weighted by Gasteiger charge is 2.22. The van der Waals surface area contributed by atoms with Crippen LogP contribution in [0.25, 0.3) is 21.5 Å². The van der Waals surface area contributed by atoms with E-state index in [1.54, 1.807) is 91.0 Å². The highest BCUT2D eigenvalue weighted by molar-refractivity contribution is 6.12. The average molecular weight is 543 g/mol. The lowest BCUT2D eigenvalue weighted by Crippen LogP contribution is -2.16. The Morgan fingerprint density at radius 2 is 0.780 bits per heavy atom. The number of hydrogen-bond acceptors (Lipinski definition) is 7. The van der Waals surface area contributed by atoms with E-state index >= 15 is 0 Å². The molecule has 0 aliphatic rings. The van der Waals surface area contributed by atoms with Gasteiger partial charge in [0.2, 0.25) is 0 Å². The van der Waals surface area contributed by atoms with Crippen molar-refractivity contribution < 1.29 is 33.3 Å². The lowest BCUT2D eigenvalue weighted by Gasteiger charge is -2.17. The molecule has 0 aromatic heterocycles. The van der Waals surface area contributed by atoms with Crippen LogP contribution in [0, 0.1) is 0 Å². The quantitative estimate of drug-likeness (QED) is 0.118. The first-order valence-corrected chi connectivity index (χ1v) is 12.7. The predicted octanol–water partition coefficient (Wildman–Crippen LogP) is 8.94. The summed E-state index contributed by atoms with van der Waals surface area (Å²) in [6.45, 7) is 0. The lowest BCUT2D eigenvalue weighted by molar-refractivity contribution is 0.151. The van der Waals surface area contributed by atoms with Gasteiger partial charge < -0.3 is 23.7 Å². The highest BCUT2D eigenvalue weighted by Crippen LogP contribution is 2.44. The van der Waals surface area contributed by atoms with E-state index in [1.807, 2.05) is 42.5 Å². The number of hydrogen-bond donors (Lipinski definition) is 0. The van der Waals surface area contributed by atoms with Crippen LogP contribution >= 0.6 is 0 Å². The van der Waals surface area contributed by atoms with Crippen molar-refractivity contribution in [3.63, 3.8) is 0 Å². The summed E-state index contributed by atoms with van der Waals surface area (Å²) in [5, 5.41) is 2.01. The minimum Gasteiger partial charge on any atom is -0.457 e. The predicted molar refractivity (Wildman–Crippen MR) is 154 cm³/mol. The molecule has 7 heteroatoms. The molecule has 200 valence electrons. The summed E-state index contributed by atoms with van der Waals surface area (Å²) in [7, 11) is 0. The number of carbonyl (C=O) groups excluding carboxylic acids is 2. The molecular formula is C34H22O7. The highest BCUT2D eigenvalue weighted by atomic mass is 16.7. The fraction of sp³-hybridized carbons (Fsp3) is 0. The van der Waals surface area contributed by atoms with E-state index in [2.05, 4.69) is 0 Å². The zero-order chi connectivity index (χ0) is 28.0. The van der Waals surface area contributed by atoms with Crippen molar-refractivity contribution in [3.05, 3.63) is 133 Å². The minimum atomic E-state index is -0.922. The number of fused-ring (bicyclic) bond motifs is 2. The molecule has 41 heavy (non-hydrogen) atoms. The molecule has 0 aliphatic heterocycles. The van der Waals surface area contributed by atoms with E-state index in [0.29, 0.717) is 44.5 Å². The third-order valence-electron chi connectivity index (χ3n) is 6.14. The number of carbonyl (C=O) groups is 2. The van der Waals surface area contributed by atoms with Crippen molar-refractivity contribution in [2.45, 2.75) is 0 Å². The molecule has 0 unspecified atom stereocenters. The Labute approximate surface area is 235 Å². The second-order valence-corrected chi connectivity index (χ2v) is 8.86. The zero-order valence-corrected chi connectivity index (χ0v) is 21.6. The molecule has 6 rings (SSSR count). The zero-order valence-electron chi connectivity index (χ0n) is 21.6. The first-order valence-electron chi connectivity index (χ1n) is 12.7. The maximum absolute atomic E-state index is 12.9. The van der Waals surface area contributed by atoms with Crippen LogP contribution in [-0.4, -0.2) is 12.3 Å². The molecule has 7 nitrogen and oxygen atoms in total.